The van der Waals surface area contributed by atoms with E-state index in [2.05, 4.69) is 4.57 Å². The lowest BCUT2D eigenvalue weighted by atomic mass is 10.1. The Bertz CT molecular complexity index is 474. The van der Waals surface area contributed by atoms with Gasteiger partial charge in [0, 0.05) is 23.3 Å². The summed E-state index contributed by atoms with van der Waals surface area (Å²) in [4.78, 5) is 11.1. The van der Waals surface area contributed by atoms with E-state index in [1.54, 1.807) is 6.92 Å². The molecule has 0 N–H and O–H groups in total. The van der Waals surface area contributed by atoms with Crippen LogP contribution in [0.3, 0.4) is 0 Å². The molecule has 0 unspecified atom stereocenters. The van der Waals surface area contributed by atoms with Crippen molar-refractivity contribution in [1.29, 1.82) is 0 Å². The lowest BCUT2D eigenvalue weighted by Gasteiger charge is -1.99. The number of carbonyl (C=O) groups excluding carboxylic acids is 1. The van der Waals surface area contributed by atoms with Crippen LogP contribution in [0.25, 0.3) is 0 Å². The molecule has 2 aromatic rings. The molecule has 2 nitrogen and oxygen atoms in total. The number of aromatic nitrogens is 1. The van der Waals surface area contributed by atoms with Gasteiger partial charge in [0.2, 0.25) is 0 Å². The quantitative estimate of drug-likeness (QED) is 0.564. The first-order valence-electron chi connectivity index (χ1n) is 5.30. The van der Waals surface area contributed by atoms with Crippen LogP contribution < -0.4 is 4.57 Å². The normalized spacial score (nSPS) is 10.1. The fourth-order valence-corrected chi connectivity index (χ4v) is 1.60. The molecule has 2 heteroatoms. The first-order valence-corrected chi connectivity index (χ1v) is 5.30. The number of pyridine rings is 1. The molecule has 80 valence electrons. The van der Waals surface area contributed by atoms with Crippen molar-refractivity contribution >= 4 is 5.78 Å². The van der Waals surface area contributed by atoms with Crippen molar-refractivity contribution in [2.24, 2.45) is 0 Å². The van der Waals surface area contributed by atoms with E-state index in [0.29, 0.717) is 0 Å². The molecule has 0 aliphatic rings. The highest BCUT2D eigenvalue weighted by Crippen LogP contribution is 2.04. The van der Waals surface area contributed by atoms with Gasteiger partial charge in [-0.3, -0.25) is 4.79 Å². The predicted molar refractivity (Wildman–Crippen MR) is 62.2 cm³/mol. The second-order valence-electron chi connectivity index (χ2n) is 3.80. The summed E-state index contributed by atoms with van der Waals surface area (Å²) in [6.07, 6.45) is 4.05. The average molecular weight is 212 g/mol. The Hall–Kier alpha value is -1.96. The Morgan fingerprint density at radius 1 is 1.06 bits per heavy atom. The molecule has 2 rings (SSSR count). The molecule has 0 atom stereocenters. The summed E-state index contributed by atoms with van der Waals surface area (Å²) < 4.78 is 2.10. The van der Waals surface area contributed by atoms with E-state index in [4.69, 9.17) is 0 Å². The first kappa shape index (κ1) is 10.6. The zero-order valence-corrected chi connectivity index (χ0v) is 9.26. The largest absolute Gasteiger partial charge is 0.295 e. The predicted octanol–water partition coefficient (Wildman–Crippen LogP) is 2.23. The second-order valence-corrected chi connectivity index (χ2v) is 3.80. The summed E-state index contributed by atoms with van der Waals surface area (Å²) in [6, 6.07) is 13.7. The zero-order valence-electron chi connectivity index (χ0n) is 9.26. The maximum Gasteiger partial charge on any atom is 0.173 e. The van der Waals surface area contributed by atoms with Crippen LogP contribution in [-0.2, 0) is 6.54 Å². The van der Waals surface area contributed by atoms with E-state index in [-0.39, 0.29) is 5.78 Å². The number of nitrogens with zero attached hydrogens (tertiary/aromatic N) is 1. The van der Waals surface area contributed by atoms with Crippen LogP contribution >= 0.6 is 0 Å². The number of hydrogen-bond donors (Lipinski definition) is 0. The lowest BCUT2D eigenvalue weighted by molar-refractivity contribution is -0.688. The van der Waals surface area contributed by atoms with Crippen molar-refractivity contribution in [2.45, 2.75) is 13.5 Å². The Morgan fingerprint density at radius 3 is 2.25 bits per heavy atom. The van der Waals surface area contributed by atoms with Gasteiger partial charge in [-0.15, -0.1) is 0 Å². The fraction of sp³-hybridized carbons (Fsp3) is 0.143. The first-order chi connectivity index (χ1) is 7.75. The Balaban J connectivity index is 2.14. The SMILES string of the molecule is CC(=O)c1ccc(C[n+]2ccccc2)cc1. The van der Waals surface area contributed by atoms with Crippen molar-refractivity contribution in [2.75, 3.05) is 0 Å². The summed E-state index contributed by atoms with van der Waals surface area (Å²) in [5, 5.41) is 0. The van der Waals surface area contributed by atoms with Gasteiger partial charge in [-0.25, -0.2) is 4.57 Å². The minimum atomic E-state index is 0.110. The van der Waals surface area contributed by atoms with E-state index >= 15 is 0 Å². The molecule has 0 saturated carbocycles. The van der Waals surface area contributed by atoms with Crippen LogP contribution in [0, 0.1) is 0 Å². The highest BCUT2D eigenvalue weighted by molar-refractivity contribution is 5.93. The number of rotatable bonds is 3. The van der Waals surface area contributed by atoms with Gasteiger partial charge < -0.3 is 0 Å². The standard InChI is InChI=1S/C14H14NO/c1-12(16)14-7-5-13(6-8-14)11-15-9-3-2-4-10-15/h2-10H,11H2,1H3/q+1. The van der Waals surface area contributed by atoms with E-state index in [9.17, 15) is 4.79 Å². The second kappa shape index (κ2) is 4.71. The van der Waals surface area contributed by atoms with Gasteiger partial charge in [-0.2, -0.15) is 0 Å². The summed E-state index contributed by atoms with van der Waals surface area (Å²) in [7, 11) is 0. The lowest BCUT2D eigenvalue weighted by Crippen LogP contribution is -2.32. The smallest absolute Gasteiger partial charge is 0.173 e. The zero-order chi connectivity index (χ0) is 11.4. The monoisotopic (exact) mass is 212 g/mol. The Morgan fingerprint density at radius 2 is 1.69 bits per heavy atom. The molecule has 0 fully saturated rings. The molecule has 0 radical (unpaired) electrons. The van der Waals surface area contributed by atoms with Crippen LogP contribution in [0.1, 0.15) is 22.8 Å². The highest BCUT2D eigenvalue weighted by atomic mass is 16.1. The highest BCUT2D eigenvalue weighted by Gasteiger charge is 2.02. The third kappa shape index (κ3) is 2.54. The van der Waals surface area contributed by atoms with Gasteiger partial charge in [0.25, 0.3) is 0 Å². The van der Waals surface area contributed by atoms with E-state index in [1.165, 1.54) is 5.56 Å². The van der Waals surface area contributed by atoms with Crippen LogP contribution in [0.2, 0.25) is 0 Å². The Labute approximate surface area is 95.2 Å². The summed E-state index contributed by atoms with van der Waals surface area (Å²) in [5.41, 5.74) is 1.96. The third-order valence-electron chi connectivity index (χ3n) is 2.50. The summed E-state index contributed by atoms with van der Waals surface area (Å²) in [6.45, 7) is 2.42. The van der Waals surface area contributed by atoms with Gasteiger partial charge in [0.15, 0.2) is 24.7 Å². The van der Waals surface area contributed by atoms with E-state index < -0.39 is 0 Å². The van der Waals surface area contributed by atoms with Gasteiger partial charge in [-0.05, 0) is 6.92 Å². The maximum absolute atomic E-state index is 11.1. The van der Waals surface area contributed by atoms with Crippen molar-refractivity contribution in [1.82, 2.24) is 0 Å². The molecular formula is C14H14NO+. The fourth-order valence-electron chi connectivity index (χ4n) is 1.60. The maximum atomic E-state index is 11.1. The molecule has 1 aromatic heterocycles. The number of hydrogen-bond acceptors (Lipinski definition) is 1. The van der Waals surface area contributed by atoms with E-state index in [0.717, 1.165) is 12.1 Å². The molecule has 1 heterocycles. The third-order valence-corrected chi connectivity index (χ3v) is 2.50. The molecule has 0 aliphatic heterocycles. The number of benzene rings is 1. The minimum Gasteiger partial charge on any atom is -0.295 e. The van der Waals surface area contributed by atoms with Gasteiger partial charge in [0.1, 0.15) is 0 Å². The van der Waals surface area contributed by atoms with Gasteiger partial charge in [-0.1, -0.05) is 30.3 Å². The number of Topliss-reactive ketones (excluding diaryl/α,β-unsaturated/α-hetero) is 1. The minimum absolute atomic E-state index is 0.110. The molecule has 16 heavy (non-hydrogen) atoms. The molecular weight excluding hydrogens is 198 g/mol. The summed E-state index contributed by atoms with van der Waals surface area (Å²) in [5.74, 6) is 0.110. The summed E-state index contributed by atoms with van der Waals surface area (Å²) >= 11 is 0. The molecule has 0 saturated heterocycles. The molecule has 0 aliphatic carbocycles. The van der Waals surface area contributed by atoms with Gasteiger partial charge >= 0.3 is 0 Å². The van der Waals surface area contributed by atoms with Crippen molar-refractivity contribution in [3.8, 4) is 0 Å². The molecule has 0 spiro atoms. The van der Waals surface area contributed by atoms with Crippen LogP contribution in [0.15, 0.2) is 54.9 Å². The topological polar surface area (TPSA) is 20.9 Å². The van der Waals surface area contributed by atoms with Gasteiger partial charge in [0.05, 0.1) is 0 Å². The van der Waals surface area contributed by atoms with Crippen molar-refractivity contribution < 1.29 is 9.36 Å². The molecule has 0 bridgehead atoms. The van der Waals surface area contributed by atoms with Crippen LogP contribution in [-0.4, -0.2) is 5.78 Å². The average Bonchev–Trinajstić information content (AvgIpc) is 2.31. The molecule has 0 amide bonds. The molecule has 1 aromatic carbocycles. The van der Waals surface area contributed by atoms with Crippen molar-refractivity contribution in [3.63, 3.8) is 0 Å². The van der Waals surface area contributed by atoms with E-state index in [1.807, 2.05) is 54.9 Å². The number of carbonyl (C=O) groups is 1. The van der Waals surface area contributed by atoms with Crippen LogP contribution in [0.4, 0.5) is 0 Å². The number of ketones is 1. The van der Waals surface area contributed by atoms with Crippen LogP contribution in [0.5, 0.6) is 0 Å². The van der Waals surface area contributed by atoms with Crippen molar-refractivity contribution in [3.05, 3.63) is 66.0 Å². The Kier molecular flexibility index (Phi) is 3.10.